The zero-order valence-electron chi connectivity index (χ0n) is 18.9. The van der Waals surface area contributed by atoms with Crippen LogP contribution >= 0.6 is 11.8 Å². The summed E-state index contributed by atoms with van der Waals surface area (Å²) in [7, 11) is 0. The number of aromatic nitrogens is 1. The number of ether oxygens (including phenoxy) is 1. The van der Waals surface area contributed by atoms with E-state index in [0.29, 0.717) is 27.5 Å². The number of halogens is 2. The summed E-state index contributed by atoms with van der Waals surface area (Å²) in [6, 6.07) is 12.1. The topological polar surface area (TPSA) is 106 Å². The summed E-state index contributed by atoms with van der Waals surface area (Å²) in [6.45, 7) is -0.684. The van der Waals surface area contributed by atoms with Crippen LogP contribution in [0.3, 0.4) is 0 Å². The number of carboxylic acid groups (broad SMARTS) is 1. The van der Waals surface area contributed by atoms with Gasteiger partial charge in [-0.2, -0.15) is 0 Å². The Hall–Kier alpha value is -4.12. The van der Waals surface area contributed by atoms with Gasteiger partial charge < -0.3 is 23.6 Å². The zero-order valence-corrected chi connectivity index (χ0v) is 19.8. The number of furan rings is 1. The molecule has 0 bridgehead atoms. The number of carboxylic acids is 1. The second-order valence-electron chi connectivity index (χ2n) is 7.53. The van der Waals surface area contributed by atoms with E-state index < -0.39 is 30.1 Å². The minimum atomic E-state index is -1.19. The largest absolute Gasteiger partial charge is 0.486 e. The molecule has 0 atom stereocenters. The van der Waals surface area contributed by atoms with Crippen LogP contribution in [0, 0.1) is 11.6 Å². The first kappa shape index (κ1) is 25.0. The van der Waals surface area contributed by atoms with Crippen LogP contribution in [0.15, 0.2) is 74.7 Å². The molecule has 4 rings (SSSR count). The van der Waals surface area contributed by atoms with Gasteiger partial charge in [0.1, 0.15) is 30.9 Å². The Morgan fingerprint density at radius 1 is 1.11 bits per heavy atom. The highest BCUT2D eigenvalue weighted by molar-refractivity contribution is 7.98. The maximum atomic E-state index is 13.8. The predicted molar refractivity (Wildman–Crippen MR) is 125 cm³/mol. The van der Waals surface area contributed by atoms with Crippen LogP contribution in [0.5, 0.6) is 5.75 Å². The van der Waals surface area contributed by atoms with E-state index in [9.17, 15) is 18.4 Å². The van der Waals surface area contributed by atoms with Crippen molar-refractivity contribution in [3.63, 3.8) is 0 Å². The highest BCUT2D eigenvalue weighted by atomic mass is 32.2. The Morgan fingerprint density at radius 3 is 2.53 bits per heavy atom. The summed E-state index contributed by atoms with van der Waals surface area (Å²) in [5.41, 5.74) is 1.26. The number of carbonyl (C=O) groups is 2. The van der Waals surface area contributed by atoms with Crippen molar-refractivity contribution in [1.29, 1.82) is 0 Å². The maximum Gasteiger partial charge on any atom is 0.323 e. The number of amides is 1. The molecule has 0 saturated carbocycles. The normalized spacial score (nSPS) is 10.9. The van der Waals surface area contributed by atoms with Gasteiger partial charge in [0, 0.05) is 4.90 Å². The molecule has 0 radical (unpaired) electrons. The number of aliphatic carboxylic acids is 1. The lowest BCUT2D eigenvalue weighted by molar-refractivity contribution is -0.137. The van der Waals surface area contributed by atoms with Crippen LogP contribution in [0.1, 0.15) is 22.2 Å². The lowest BCUT2D eigenvalue weighted by Gasteiger charge is -2.17. The van der Waals surface area contributed by atoms with Gasteiger partial charge in [-0.05, 0) is 53.8 Å². The third kappa shape index (κ3) is 5.92. The third-order valence-corrected chi connectivity index (χ3v) is 5.86. The van der Waals surface area contributed by atoms with Gasteiger partial charge in [-0.15, -0.1) is 11.8 Å². The molecule has 11 heteroatoms. The van der Waals surface area contributed by atoms with Crippen LogP contribution in [0.4, 0.5) is 8.78 Å². The lowest BCUT2D eigenvalue weighted by atomic mass is 10.1. The van der Waals surface area contributed by atoms with Crippen LogP contribution in [-0.2, 0) is 17.9 Å². The summed E-state index contributed by atoms with van der Waals surface area (Å²) < 4.78 is 43.7. The van der Waals surface area contributed by atoms with Crippen molar-refractivity contribution in [2.45, 2.75) is 18.0 Å². The molecule has 186 valence electrons. The van der Waals surface area contributed by atoms with Crippen LogP contribution in [-0.4, -0.2) is 39.7 Å². The predicted octanol–water partition coefficient (Wildman–Crippen LogP) is 5.24. The molecule has 2 aromatic heterocycles. The Balaban J connectivity index is 1.41. The van der Waals surface area contributed by atoms with Gasteiger partial charge in [-0.3, -0.25) is 9.59 Å². The molecule has 0 spiro atoms. The zero-order chi connectivity index (χ0) is 25.7. The number of carbonyl (C=O) groups excluding carboxylic acids is 1. The molecule has 36 heavy (non-hydrogen) atoms. The molecule has 0 fully saturated rings. The Bertz CT molecular complexity index is 1360. The number of nitrogens with zero attached hydrogens (tertiary/aromatic N) is 2. The summed E-state index contributed by atoms with van der Waals surface area (Å²) in [5, 5.41) is 9.14. The highest BCUT2D eigenvalue weighted by Crippen LogP contribution is 2.33. The average Bonchev–Trinajstić information content (AvgIpc) is 3.56. The minimum Gasteiger partial charge on any atom is -0.486 e. The number of oxazole rings is 1. The molecule has 1 N–H and O–H groups in total. The quantitative estimate of drug-likeness (QED) is 0.287. The Labute approximate surface area is 208 Å². The van der Waals surface area contributed by atoms with E-state index in [2.05, 4.69) is 4.98 Å². The molecule has 0 aliphatic heterocycles. The third-order valence-electron chi connectivity index (χ3n) is 5.08. The second kappa shape index (κ2) is 11.1. The first-order valence-electron chi connectivity index (χ1n) is 10.6. The fourth-order valence-electron chi connectivity index (χ4n) is 3.39. The fraction of sp³-hybridized carbons (Fsp3) is 0.160. The van der Waals surface area contributed by atoms with Gasteiger partial charge in [-0.1, -0.05) is 12.1 Å². The van der Waals surface area contributed by atoms with Crippen LogP contribution < -0.4 is 4.74 Å². The maximum absolute atomic E-state index is 13.8. The Kier molecular flexibility index (Phi) is 7.69. The molecule has 8 nitrogen and oxygen atoms in total. The first-order valence-corrected chi connectivity index (χ1v) is 11.8. The number of rotatable bonds is 10. The van der Waals surface area contributed by atoms with Crippen molar-refractivity contribution in [3.8, 4) is 16.9 Å². The fourth-order valence-corrected chi connectivity index (χ4v) is 4.01. The average molecular weight is 515 g/mol. The van der Waals surface area contributed by atoms with Crippen molar-refractivity contribution >= 4 is 23.6 Å². The summed E-state index contributed by atoms with van der Waals surface area (Å²) in [6.07, 6.45) is 4.51. The van der Waals surface area contributed by atoms with Gasteiger partial charge >= 0.3 is 5.97 Å². The van der Waals surface area contributed by atoms with Gasteiger partial charge in [0.25, 0.3) is 5.91 Å². The number of hydrogen-bond acceptors (Lipinski definition) is 7. The minimum absolute atomic E-state index is 0.00648. The Morgan fingerprint density at radius 2 is 1.86 bits per heavy atom. The van der Waals surface area contributed by atoms with Gasteiger partial charge in [0.05, 0.1) is 12.7 Å². The van der Waals surface area contributed by atoms with Gasteiger partial charge in [0.15, 0.2) is 17.4 Å². The van der Waals surface area contributed by atoms with Crippen LogP contribution in [0.25, 0.3) is 11.1 Å². The summed E-state index contributed by atoms with van der Waals surface area (Å²) in [5.74, 6) is -2.68. The lowest BCUT2D eigenvalue weighted by Crippen LogP contribution is -2.35. The van der Waals surface area contributed by atoms with Crippen molar-refractivity contribution in [2.24, 2.45) is 0 Å². The van der Waals surface area contributed by atoms with E-state index in [1.807, 2.05) is 0 Å². The van der Waals surface area contributed by atoms with Gasteiger partial charge in [-0.25, -0.2) is 13.8 Å². The van der Waals surface area contributed by atoms with E-state index in [1.165, 1.54) is 30.3 Å². The molecule has 1 amide bonds. The van der Waals surface area contributed by atoms with Crippen molar-refractivity contribution in [1.82, 2.24) is 9.88 Å². The standard InChI is InChI=1S/C25H20F2N2O6S/c1-36-22-11-20(27)19(26)10-18(22)15-2-4-16(5-3-15)34-14-17-6-7-21(35-17)25(32)29(13-24(30)31)12-23-28-8-9-33-23/h2-11H,12-14H2,1H3,(H,30,31). The molecule has 0 aliphatic carbocycles. The van der Waals surface area contributed by atoms with Crippen molar-refractivity contribution < 1.29 is 37.0 Å². The van der Waals surface area contributed by atoms with E-state index >= 15 is 0 Å². The number of thioether (sulfide) groups is 1. The molecule has 0 saturated heterocycles. The van der Waals surface area contributed by atoms with Gasteiger partial charge in [0.2, 0.25) is 5.89 Å². The van der Waals surface area contributed by atoms with Crippen molar-refractivity contribution in [2.75, 3.05) is 12.8 Å². The molecule has 2 heterocycles. The molecule has 4 aromatic rings. The number of benzene rings is 2. The van der Waals surface area contributed by atoms with E-state index in [4.69, 9.17) is 18.7 Å². The monoisotopic (exact) mass is 514 g/mol. The van der Waals surface area contributed by atoms with Crippen molar-refractivity contribution in [3.05, 3.63) is 90.0 Å². The smallest absolute Gasteiger partial charge is 0.323 e. The summed E-state index contributed by atoms with van der Waals surface area (Å²) >= 11 is 1.31. The SMILES string of the molecule is CSc1cc(F)c(F)cc1-c1ccc(OCc2ccc(C(=O)N(CC(=O)O)Cc3ncco3)o2)cc1. The van der Waals surface area contributed by atoms with Crippen LogP contribution in [0.2, 0.25) is 0 Å². The first-order chi connectivity index (χ1) is 17.3. The molecule has 0 aliphatic rings. The van der Waals surface area contributed by atoms with E-state index in [-0.39, 0.29) is 24.8 Å². The highest BCUT2D eigenvalue weighted by Gasteiger charge is 2.23. The molecule has 2 aromatic carbocycles. The molecular formula is C25H20F2N2O6S. The number of hydrogen-bond donors (Lipinski definition) is 1. The molecule has 0 unspecified atom stereocenters. The molecular weight excluding hydrogens is 494 g/mol. The summed E-state index contributed by atoms with van der Waals surface area (Å²) in [4.78, 5) is 29.5. The van der Waals surface area contributed by atoms with E-state index in [1.54, 1.807) is 36.6 Å². The van der Waals surface area contributed by atoms with E-state index in [0.717, 1.165) is 17.0 Å². The second-order valence-corrected chi connectivity index (χ2v) is 8.37.